The van der Waals surface area contributed by atoms with Crippen LogP contribution >= 0.6 is 11.8 Å². The summed E-state index contributed by atoms with van der Waals surface area (Å²) in [6, 6.07) is 16.9. The molecule has 2 N–H and O–H groups in total. The van der Waals surface area contributed by atoms with E-state index in [-0.39, 0.29) is 24.6 Å². The Morgan fingerprint density at radius 2 is 1.79 bits per heavy atom. The van der Waals surface area contributed by atoms with E-state index in [1.165, 1.54) is 4.90 Å². The first kappa shape index (κ1) is 19.6. The van der Waals surface area contributed by atoms with Crippen LogP contribution < -0.4 is 10.6 Å². The van der Waals surface area contributed by atoms with Crippen molar-refractivity contribution in [3.05, 3.63) is 60.2 Å². The van der Waals surface area contributed by atoms with Crippen molar-refractivity contribution < 1.29 is 14.0 Å². The average molecular weight is 396 g/mol. The standard InChI is InChI=1S/C20H20N4O3S/c1-14-7-5-6-10-16(14)19-22-23-20(27-19)28-13-18(26)24(12-11-17(21)25)15-8-3-2-4-9-15/h2-10H,11-13H2,1H3,(H2,21,25). The van der Waals surface area contributed by atoms with Crippen molar-refractivity contribution in [2.24, 2.45) is 5.73 Å². The zero-order chi connectivity index (χ0) is 19.9. The summed E-state index contributed by atoms with van der Waals surface area (Å²) in [4.78, 5) is 25.4. The van der Waals surface area contributed by atoms with Gasteiger partial charge in [-0.25, -0.2) is 0 Å². The third-order valence-corrected chi connectivity index (χ3v) is 4.86. The minimum Gasteiger partial charge on any atom is -0.411 e. The molecule has 0 aliphatic heterocycles. The minimum absolute atomic E-state index is 0.0866. The molecule has 1 aromatic heterocycles. The highest BCUT2D eigenvalue weighted by molar-refractivity contribution is 7.99. The maximum atomic E-state index is 12.7. The molecule has 0 fully saturated rings. The van der Waals surface area contributed by atoms with Gasteiger partial charge < -0.3 is 15.1 Å². The van der Waals surface area contributed by atoms with Crippen LogP contribution in [0.4, 0.5) is 5.69 Å². The summed E-state index contributed by atoms with van der Waals surface area (Å²) in [5.74, 6) is -0.112. The number of aromatic nitrogens is 2. The normalized spacial score (nSPS) is 10.6. The molecule has 3 rings (SSSR count). The smallest absolute Gasteiger partial charge is 0.277 e. The second-order valence-electron chi connectivity index (χ2n) is 6.07. The van der Waals surface area contributed by atoms with Gasteiger partial charge in [0.25, 0.3) is 5.22 Å². The van der Waals surface area contributed by atoms with Crippen molar-refractivity contribution in [3.63, 3.8) is 0 Å². The van der Waals surface area contributed by atoms with Crippen molar-refractivity contribution in [1.82, 2.24) is 10.2 Å². The molecule has 144 valence electrons. The van der Waals surface area contributed by atoms with Crippen LogP contribution in [0.1, 0.15) is 12.0 Å². The summed E-state index contributed by atoms with van der Waals surface area (Å²) in [5.41, 5.74) is 7.84. The molecule has 28 heavy (non-hydrogen) atoms. The highest BCUT2D eigenvalue weighted by Crippen LogP contribution is 2.26. The number of amides is 2. The molecule has 0 bridgehead atoms. The average Bonchev–Trinajstić information content (AvgIpc) is 3.16. The molecule has 2 aromatic carbocycles. The van der Waals surface area contributed by atoms with Gasteiger partial charge in [-0.05, 0) is 30.7 Å². The Hall–Kier alpha value is -3.13. The van der Waals surface area contributed by atoms with Gasteiger partial charge in [0.1, 0.15) is 0 Å². The monoisotopic (exact) mass is 396 g/mol. The van der Waals surface area contributed by atoms with Crippen LogP contribution in [0.2, 0.25) is 0 Å². The predicted octanol–water partition coefficient (Wildman–Crippen LogP) is 3.05. The second kappa shape index (κ2) is 9.18. The van der Waals surface area contributed by atoms with Gasteiger partial charge in [0.2, 0.25) is 17.7 Å². The van der Waals surface area contributed by atoms with Gasteiger partial charge in [0, 0.05) is 24.2 Å². The van der Waals surface area contributed by atoms with Crippen LogP contribution in [0, 0.1) is 6.92 Å². The van der Waals surface area contributed by atoms with Gasteiger partial charge in [0.05, 0.1) is 5.75 Å². The van der Waals surface area contributed by atoms with E-state index in [2.05, 4.69) is 10.2 Å². The van der Waals surface area contributed by atoms with Crippen LogP contribution in [-0.2, 0) is 9.59 Å². The second-order valence-corrected chi connectivity index (χ2v) is 7.00. The Morgan fingerprint density at radius 3 is 2.50 bits per heavy atom. The molecule has 7 nitrogen and oxygen atoms in total. The first-order valence-corrected chi connectivity index (χ1v) is 9.69. The first-order chi connectivity index (χ1) is 13.5. The van der Waals surface area contributed by atoms with Crippen molar-refractivity contribution in [2.45, 2.75) is 18.6 Å². The van der Waals surface area contributed by atoms with Gasteiger partial charge in [-0.3, -0.25) is 9.59 Å². The molecule has 0 atom stereocenters. The van der Waals surface area contributed by atoms with Gasteiger partial charge in [-0.15, -0.1) is 10.2 Å². The molecule has 0 saturated carbocycles. The molecular weight excluding hydrogens is 376 g/mol. The number of carbonyl (C=O) groups excluding carboxylic acids is 2. The summed E-state index contributed by atoms with van der Waals surface area (Å²) < 4.78 is 5.68. The number of carbonyl (C=O) groups is 2. The van der Waals surface area contributed by atoms with E-state index in [9.17, 15) is 9.59 Å². The molecule has 1 heterocycles. The van der Waals surface area contributed by atoms with Gasteiger partial charge in [-0.1, -0.05) is 48.2 Å². The largest absolute Gasteiger partial charge is 0.411 e. The molecule has 0 unspecified atom stereocenters. The van der Waals surface area contributed by atoms with E-state index in [0.717, 1.165) is 22.9 Å². The molecule has 2 amide bonds. The van der Waals surface area contributed by atoms with Gasteiger partial charge >= 0.3 is 0 Å². The van der Waals surface area contributed by atoms with E-state index in [1.54, 1.807) is 0 Å². The van der Waals surface area contributed by atoms with E-state index >= 15 is 0 Å². The van der Waals surface area contributed by atoms with Crippen LogP contribution in [-0.4, -0.2) is 34.3 Å². The quantitative estimate of drug-likeness (QED) is 0.587. The van der Waals surface area contributed by atoms with Crippen molar-refractivity contribution in [2.75, 3.05) is 17.2 Å². The SMILES string of the molecule is Cc1ccccc1-c1nnc(SCC(=O)N(CCC(N)=O)c2ccccc2)o1. The van der Waals surface area contributed by atoms with Crippen LogP contribution in [0.25, 0.3) is 11.5 Å². The fourth-order valence-electron chi connectivity index (χ4n) is 2.62. The summed E-state index contributed by atoms with van der Waals surface area (Å²) in [6.07, 6.45) is 0.0866. The van der Waals surface area contributed by atoms with Crippen LogP contribution in [0.3, 0.4) is 0 Å². The number of aryl methyl sites for hydroxylation is 1. The Labute approximate surface area is 166 Å². The lowest BCUT2D eigenvalue weighted by Crippen LogP contribution is -2.35. The van der Waals surface area contributed by atoms with E-state index < -0.39 is 5.91 Å². The number of hydrogen-bond donors (Lipinski definition) is 1. The fraction of sp³-hybridized carbons (Fsp3) is 0.200. The van der Waals surface area contributed by atoms with Crippen molar-refractivity contribution in [3.8, 4) is 11.5 Å². The number of rotatable bonds is 8. The van der Waals surface area contributed by atoms with Crippen molar-refractivity contribution in [1.29, 1.82) is 0 Å². The number of benzene rings is 2. The molecule has 0 radical (unpaired) electrons. The minimum atomic E-state index is -0.457. The lowest BCUT2D eigenvalue weighted by atomic mass is 10.1. The highest BCUT2D eigenvalue weighted by Gasteiger charge is 2.18. The summed E-state index contributed by atoms with van der Waals surface area (Å²) in [7, 11) is 0. The summed E-state index contributed by atoms with van der Waals surface area (Å²) in [6.45, 7) is 2.18. The first-order valence-electron chi connectivity index (χ1n) is 8.70. The van der Waals surface area contributed by atoms with E-state index in [0.29, 0.717) is 16.8 Å². The maximum absolute atomic E-state index is 12.7. The number of anilines is 1. The summed E-state index contributed by atoms with van der Waals surface area (Å²) >= 11 is 1.16. The Bertz CT molecular complexity index is 959. The van der Waals surface area contributed by atoms with Crippen LogP contribution in [0.15, 0.2) is 64.2 Å². The molecule has 0 aliphatic rings. The number of nitrogens with zero attached hydrogens (tertiary/aromatic N) is 3. The predicted molar refractivity (Wildman–Crippen MR) is 108 cm³/mol. The maximum Gasteiger partial charge on any atom is 0.277 e. The number of hydrogen-bond acceptors (Lipinski definition) is 6. The Morgan fingerprint density at radius 1 is 1.07 bits per heavy atom. The third kappa shape index (κ3) is 4.98. The molecule has 0 aliphatic carbocycles. The number of thioether (sulfide) groups is 1. The molecule has 8 heteroatoms. The number of nitrogens with two attached hydrogens (primary N) is 1. The summed E-state index contributed by atoms with van der Waals surface area (Å²) in [5, 5.41) is 8.39. The molecule has 3 aromatic rings. The van der Waals surface area contributed by atoms with E-state index in [1.807, 2.05) is 61.5 Å². The Balaban J connectivity index is 1.67. The van der Waals surface area contributed by atoms with Gasteiger partial charge in [0.15, 0.2) is 0 Å². The Kier molecular flexibility index (Phi) is 6.44. The number of para-hydroxylation sites is 1. The lowest BCUT2D eigenvalue weighted by molar-refractivity contribution is -0.118. The molecular formula is C20H20N4O3S. The van der Waals surface area contributed by atoms with Crippen LogP contribution in [0.5, 0.6) is 0 Å². The fourth-order valence-corrected chi connectivity index (χ4v) is 3.26. The third-order valence-electron chi connectivity index (χ3n) is 4.05. The van der Waals surface area contributed by atoms with E-state index in [4.69, 9.17) is 10.2 Å². The molecule has 0 spiro atoms. The highest BCUT2D eigenvalue weighted by atomic mass is 32.2. The zero-order valence-electron chi connectivity index (χ0n) is 15.4. The lowest BCUT2D eigenvalue weighted by Gasteiger charge is -2.21. The molecule has 0 saturated heterocycles. The zero-order valence-corrected chi connectivity index (χ0v) is 16.2. The number of primary amides is 1. The van der Waals surface area contributed by atoms with Crippen molar-refractivity contribution >= 4 is 29.3 Å². The topological polar surface area (TPSA) is 102 Å². The van der Waals surface area contributed by atoms with Gasteiger partial charge in [-0.2, -0.15) is 0 Å².